The van der Waals surface area contributed by atoms with Gasteiger partial charge in [0.05, 0.1) is 11.0 Å². The number of allylic oxidation sites excluding steroid dienone is 7. The number of rotatable bonds is 10. The molecule has 2 nitrogen and oxygen atoms in total. The third kappa shape index (κ3) is 6.90. The maximum Gasteiger partial charge on any atom is 0.0547 e. The van der Waals surface area contributed by atoms with E-state index in [1.54, 1.807) is 6.20 Å². The summed E-state index contributed by atoms with van der Waals surface area (Å²) in [5, 5.41) is 4.95. The second-order valence-electron chi connectivity index (χ2n) is 12.7. The summed E-state index contributed by atoms with van der Waals surface area (Å²) in [6.07, 6.45) is 21.1. The number of nitrogens with two attached hydrogens (primary N) is 1. The highest BCUT2D eigenvalue weighted by Crippen LogP contribution is 2.37. The molecule has 248 valence electrons. The Labute approximate surface area is 301 Å². The van der Waals surface area contributed by atoms with Crippen LogP contribution < -0.4 is 5.73 Å². The van der Waals surface area contributed by atoms with E-state index in [9.17, 15) is 0 Å². The molecule has 0 aliphatic carbocycles. The van der Waals surface area contributed by atoms with Gasteiger partial charge in [0.15, 0.2) is 0 Å². The molecule has 0 atom stereocenters. The molecule has 0 saturated heterocycles. The molecule has 6 aromatic carbocycles. The van der Waals surface area contributed by atoms with E-state index in [4.69, 9.17) is 5.73 Å². The van der Waals surface area contributed by atoms with Gasteiger partial charge in [-0.3, -0.25) is 0 Å². The third-order valence-electron chi connectivity index (χ3n) is 9.41. The van der Waals surface area contributed by atoms with Crippen LogP contribution in [0.1, 0.15) is 41.7 Å². The Kier molecular flexibility index (Phi) is 9.76. The molecule has 51 heavy (non-hydrogen) atoms. The van der Waals surface area contributed by atoms with Crippen molar-refractivity contribution >= 4 is 56.4 Å². The van der Waals surface area contributed by atoms with Crippen LogP contribution in [0, 0.1) is 0 Å². The summed E-state index contributed by atoms with van der Waals surface area (Å²) in [4.78, 5) is 0. The van der Waals surface area contributed by atoms with Gasteiger partial charge in [0.2, 0.25) is 0 Å². The van der Waals surface area contributed by atoms with Crippen molar-refractivity contribution in [2.75, 3.05) is 0 Å². The number of aromatic nitrogens is 1. The van der Waals surface area contributed by atoms with E-state index in [0.29, 0.717) is 0 Å². The van der Waals surface area contributed by atoms with Crippen LogP contribution >= 0.6 is 0 Å². The number of fused-ring (bicyclic) bond motifs is 4. The Morgan fingerprint density at radius 2 is 1.43 bits per heavy atom. The first-order chi connectivity index (χ1) is 25.1. The average Bonchev–Trinajstić information content (AvgIpc) is 3.49. The molecular weight excluding hydrogens is 617 g/mol. The molecule has 0 unspecified atom stereocenters. The van der Waals surface area contributed by atoms with Crippen LogP contribution in [0.2, 0.25) is 0 Å². The minimum absolute atomic E-state index is 0.872. The van der Waals surface area contributed by atoms with E-state index in [1.807, 2.05) is 25.2 Å². The second kappa shape index (κ2) is 15.0. The molecule has 0 aliphatic rings. The van der Waals surface area contributed by atoms with E-state index in [0.717, 1.165) is 34.4 Å². The fourth-order valence-corrected chi connectivity index (χ4v) is 6.96. The van der Waals surface area contributed by atoms with E-state index in [1.165, 1.54) is 54.8 Å². The molecule has 0 spiro atoms. The number of hydrogen-bond donors (Lipinski definition) is 1. The first kappa shape index (κ1) is 33.1. The summed E-state index contributed by atoms with van der Waals surface area (Å²) < 4.78 is 2.41. The van der Waals surface area contributed by atoms with Gasteiger partial charge in [0.25, 0.3) is 0 Å². The standard InChI is InChI=1S/C49H42N2/c1-4-13-38(42-22-21-37(6-3)39(32-42)14-5-2)30-36-19-26-46-47-27-25-44(34-49(47)51(48(46)31-36)45-16-10-7-11-17-45)43-24-23-40-29-35(15-9-8-12-28-50)18-20-41(40)33-43/h4-14,16-34H,3,15,50H2,1-2H3/b9-8-,13-4-,14-5-,28-12-,38-30+. The molecule has 0 amide bonds. The normalized spacial score (nSPS) is 12.5. The fraction of sp³-hybridized carbons (Fsp3) is 0.0612. The Balaban J connectivity index is 1.33. The number of benzene rings is 6. The van der Waals surface area contributed by atoms with Crippen LogP contribution in [-0.2, 0) is 6.42 Å². The van der Waals surface area contributed by atoms with Crippen molar-refractivity contribution in [3.63, 3.8) is 0 Å². The van der Waals surface area contributed by atoms with E-state index in [2.05, 4.69) is 176 Å². The van der Waals surface area contributed by atoms with E-state index in [-0.39, 0.29) is 0 Å². The Bertz CT molecular complexity index is 2530. The average molecular weight is 659 g/mol. The van der Waals surface area contributed by atoms with Crippen LogP contribution in [-0.4, -0.2) is 4.57 Å². The zero-order valence-corrected chi connectivity index (χ0v) is 29.3. The predicted octanol–water partition coefficient (Wildman–Crippen LogP) is 13.0. The van der Waals surface area contributed by atoms with Crippen molar-refractivity contribution < 1.29 is 0 Å². The highest BCUT2D eigenvalue weighted by atomic mass is 15.0. The van der Waals surface area contributed by atoms with Crippen molar-refractivity contribution in [1.82, 2.24) is 4.57 Å². The molecule has 7 rings (SSSR count). The van der Waals surface area contributed by atoms with Gasteiger partial charge in [-0.15, -0.1) is 0 Å². The molecule has 1 aromatic heterocycles. The zero-order valence-electron chi connectivity index (χ0n) is 29.3. The van der Waals surface area contributed by atoms with Gasteiger partial charge in [-0.05, 0) is 130 Å². The summed E-state index contributed by atoms with van der Waals surface area (Å²) in [6, 6.07) is 44.5. The summed E-state index contributed by atoms with van der Waals surface area (Å²) in [7, 11) is 0. The largest absolute Gasteiger partial charge is 0.405 e. The summed E-state index contributed by atoms with van der Waals surface area (Å²) >= 11 is 0. The van der Waals surface area contributed by atoms with Crippen LogP contribution in [0.15, 0.2) is 171 Å². The van der Waals surface area contributed by atoms with Gasteiger partial charge in [-0.25, -0.2) is 0 Å². The van der Waals surface area contributed by atoms with Crippen LogP contribution in [0.3, 0.4) is 0 Å². The van der Waals surface area contributed by atoms with Crippen molar-refractivity contribution in [2.24, 2.45) is 5.73 Å². The number of hydrogen-bond acceptors (Lipinski definition) is 1. The van der Waals surface area contributed by atoms with Crippen molar-refractivity contribution in [2.45, 2.75) is 20.3 Å². The maximum atomic E-state index is 5.46. The lowest BCUT2D eigenvalue weighted by atomic mass is 9.96. The SMILES string of the molecule is C=Cc1ccc(C(/C=C\C)=C/c2ccc3c4ccc(-c5ccc6cc(C/C=C\C=C/N)ccc6c5)cc4n(-c4ccccc4)c3c2)cc1/C=C\C. The highest BCUT2D eigenvalue weighted by molar-refractivity contribution is 6.11. The first-order valence-corrected chi connectivity index (χ1v) is 17.5. The topological polar surface area (TPSA) is 30.9 Å². The third-order valence-corrected chi connectivity index (χ3v) is 9.41. The fourth-order valence-electron chi connectivity index (χ4n) is 6.96. The van der Waals surface area contributed by atoms with Gasteiger partial charge >= 0.3 is 0 Å². The minimum Gasteiger partial charge on any atom is -0.405 e. The number of para-hydroxylation sites is 1. The number of nitrogens with zero attached hydrogens (tertiary/aromatic N) is 1. The smallest absolute Gasteiger partial charge is 0.0547 e. The van der Waals surface area contributed by atoms with Gasteiger partial charge in [0, 0.05) is 16.5 Å². The molecule has 0 radical (unpaired) electrons. The Hall–Kier alpha value is -6.38. The maximum absolute atomic E-state index is 5.46. The lowest BCUT2D eigenvalue weighted by Crippen LogP contribution is -1.94. The molecule has 7 aromatic rings. The molecular formula is C49H42N2. The Morgan fingerprint density at radius 1 is 0.686 bits per heavy atom. The molecule has 0 aliphatic heterocycles. The molecule has 0 fully saturated rings. The monoisotopic (exact) mass is 658 g/mol. The van der Waals surface area contributed by atoms with Gasteiger partial charge in [-0.2, -0.15) is 0 Å². The minimum atomic E-state index is 0.872. The van der Waals surface area contributed by atoms with Crippen LogP contribution in [0.5, 0.6) is 0 Å². The zero-order chi connectivity index (χ0) is 35.2. The molecule has 0 saturated carbocycles. The Morgan fingerprint density at radius 3 is 2.22 bits per heavy atom. The van der Waals surface area contributed by atoms with Gasteiger partial charge < -0.3 is 10.3 Å². The van der Waals surface area contributed by atoms with Crippen LogP contribution in [0.4, 0.5) is 0 Å². The molecule has 0 bridgehead atoms. The molecule has 1 heterocycles. The lowest BCUT2D eigenvalue weighted by molar-refractivity contribution is 1.18. The molecule has 2 heteroatoms. The predicted molar refractivity (Wildman–Crippen MR) is 224 cm³/mol. The highest BCUT2D eigenvalue weighted by Gasteiger charge is 2.15. The summed E-state index contributed by atoms with van der Waals surface area (Å²) in [5.74, 6) is 0. The van der Waals surface area contributed by atoms with E-state index < -0.39 is 0 Å². The first-order valence-electron chi connectivity index (χ1n) is 17.5. The van der Waals surface area contributed by atoms with Crippen molar-refractivity contribution in [1.29, 1.82) is 0 Å². The van der Waals surface area contributed by atoms with Gasteiger partial charge in [-0.1, -0.05) is 134 Å². The second-order valence-corrected chi connectivity index (χ2v) is 12.7. The lowest BCUT2D eigenvalue weighted by Gasteiger charge is -2.10. The molecule has 2 N–H and O–H groups in total. The van der Waals surface area contributed by atoms with Crippen LogP contribution in [0.25, 0.3) is 73.2 Å². The van der Waals surface area contributed by atoms with Crippen molar-refractivity contribution in [3.05, 3.63) is 198 Å². The summed E-state index contributed by atoms with van der Waals surface area (Å²) in [6.45, 7) is 8.13. The van der Waals surface area contributed by atoms with Gasteiger partial charge in [0.1, 0.15) is 0 Å². The summed E-state index contributed by atoms with van der Waals surface area (Å²) in [5.41, 5.74) is 18.4. The van der Waals surface area contributed by atoms with Crippen molar-refractivity contribution in [3.8, 4) is 16.8 Å². The van der Waals surface area contributed by atoms with E-state index >= 15 is 0 Å². The quantitative estimate of drug-likeness (QED) is 0.115.